The van der Waals surface area contributed by atoms with Crippen LogP contribution in [0.5, 0.6) is 0 Å². The fourth-order valence-corrected chi connectivity index (χ4v) is 2.98. The second-order valence-corrected chi connectivity index (χ2v) is 5.94. The molecule has 0 aliphatic rings. The highest BCUT2D eigenvalue weighted by molar-refractivity contribution is 7.08. The minimum absolute atomic E-state index is 0.0897. The summed E-state index contributed by atoms with van der Waals surface area (Å²) in [5.41, 5.74) is 0.639. The van der Waals surface area contributed by atoms with Crippen molar-refractivity contribution in [1.29, 1.82) is 0 Å². The zero-order chi connectivity index (χ0) is 17.4. The predicted molar refractivity (Wildman–Crippen MR) is 89.4 cm³/mol. The van der Waals surface area contributed by atoms with Gasteiger partial charge in [-0.05, 0) is 17.5 Å². The van der Waals surface area contributed by atoms with Crippen LogP contribution in [-0.4, -0.2) is 24.6 Å². The smallest absolute Gasteiger partial charge is 0.271 e. The Morgan fingerprint density at radius 1 is 1.32 bits per heavy atom. The van der Waals surface area contributed by atoms with Crippen LogP contribution in [0.2, 0.25) is 0 Å². The predicted octanol–water partition coefficient (Wildman–Crippen LogP) is 2.46. The van der Waals surface area contributed by atoms with E-state index in [4.69, 9.17) is 4.52 Å². The summed E-state index contributed by atoms with van der Waals surface area (Å²) in [6, 6.07) is 5.80. The molecular weight excluding hydrogens is 346 g/mol. The summed E-state index contributed by atoms with van der Waals surface area (Å²) < 4.78 is 6.52. The second kappa shape index (κ2) is 5.91. The summed E-state index contributed by atoms with van der Waals surface area (Å²) in [6.45, 7) is 0.0897. The average Bonchev–Trinajstić information content (AvgIpc) is 3.28. The van der Waals surface area contributed by atoms with Crippen LogP contribution in [0.15, 0.2) is 50.7 Å². The summed E-state index contributed by atoms with van der Waals surface area (Å²) in [5.74, 6) is 0.722. The van der Waals surface area contributed by atoms with Crippen LogP contribution >= 0.6 is 11.3 Å². The van der Waals surface area contributed by atoms with E-state index >= 15 is 0 Å². The van der Waals surface area contributed by atoms with Gasteiger partial charge in [0.15, 0.2) is 5.82 Å². The fourth-order valence-electron chi connectivity index (χ4n) is 2.35. The standard InChI is InChI=1S/C15H9N5O4S/c21-15-11-2-1-10(20(22)23)5-12(11)16-8-19(15)6-13-17-14(24-18-13)9-3-4-25-7-9/h1-5,7-8H,6H2. The van der Waals surface area contributed by atoms with E-state index in [0.29, 0.717) is 11.7 Å². The Morgan fingerprint density at radius 3 is 2.96 bits per heavy atom. The van der Waals surface area contributed by atoms with Crippen LogP contribution in [0.1, 0.15) is 5.82 Å². The third-order valence-electron chi connectivity index (χ3n) is 3.57. The van der Waals surface area contributed by atoms with Crippen LogP contribution in [0, 0.1) is 10.1 Å². The third kappa shape index (κ3) is 2.78. The van der Waals surface area contributed by atoms with Crippen molar-refractivity contribution < 1.29 is 9.45 Å². The van der Waals surface area contributed by atoms with Gasteiger partial charge in [0.1, 0.15) is 0 Å². The second-order valence-electron chi connectivity index (χ2n) is 5.16. The molecule has 0 radical (unpaired) electrons. The van der Waals surface area contributed by atoms with E-state index in [1.165, 1.54) is 40.4 Å². The summed E-state index contributed by atoms with van der Waals surface area (Å²) >= 11 is 1.51. The number of thiophene rings is 1. The van der Waals surface area contributed by atoms with Gasteiger partial charge < -0.3 is 4.52 Å². The minimum Gasteiger partial charge on any atom is -0.334 e. The van der Waals surface area contributed by atoms with E-state index in [1.807, 2.05) is 16.8 Å². The molecular formula is C15H9N5O4S. The molecule has 1 aromatic carbocycles. The van der Waals surface area contributed by atoms with Gasteiger partial charge in [-0.25, -0.2) is 4.98 Å². The number of nitrogens with zero attached hydrogens (tertiary/aromatic N) is 5. The number of hydrogen-bond acceptors (Lipinski definition) is 8. The Labute approximate surface area is 143 Å². The molecule has 0 aliphatic heterocycles. The summed E-state index contributed by atoms with van der Waals surface area (Å²) in [6.07, 6.45) is 1.31. The molecule has 0 amide bonds. The van der Waals surface area contributed by atoms with Gasteiger partial charge in [0, 0.05) is 17.5 Å². The van der Waals surface area contributed by atoms with Crippen LogP contribution in [0.25, 0.3) is 22.4 Å². The zero-order valence-electron chi connectivity index (χ0n) is 12.5. The zero-order valence-corrected chi connectivity index (χ0v) is 13.3. The molecule has 10 heteroatoms. The quantitative estimate of drug-likeness (QED) is 0.407. The van der Waals surface area contributed by atoms with Crippen molar-refractivity contribution in [1.82, 2.24) is 19.7 Å². The number of rotatable bonds is 4. The Bertz CT molecular complexity index is 1130. The number of fused-ring (bicyclic) bond motifs is 1. The number of non-ortho nitro benzene ring substituents is 1. The van der Waals surface area contributed by atoms with Crippen LogP contribution in [0.4, 0.5) is 5.69 Å². The normalized spacial score (nSPS) is 11.0. The lowest BCUT2D eigenvalue weighted by Crippen LogP contribution is -2.21. The monoisotopic (exact) mass is 355 g/mol. The molecule has 0 saturated carbocycles. The molecule has 0 spiro atoms. The van der Waals surface area contributed by atoms with Crippen molar-refractivity contribution in [2.45, 2.75) is 6.54 Å². The molecule has 0 N–H and O–H groups in total. The topological polar surface area (TPSA) is 117 Å². The highest BCUT2D eigenvalue weighted by atomic mass is 32.1. The van der Waals surface area contributed by atoms with Gasteiger partial charge in [-0.3, -0.25) is 19.5 Å². The number of nitro benzene ring substituents is 1. The minimum atomic E-state index is -0.530. The van der Waals surface area contributed by atoms with Crippen LogP contribution in [-0.2, 0) is 6.54 Å². The van der Waals surface area contributed by atoms with E-state index in [-0.39, 0.29) is 28.7 Å². The Hall–Kier alpha value is -3.40. The maximum absolute atomic E-state index is 12.5. The molecule has 4 aromatic rings. The van der Waals surface area contributed by atoms with Crippen molar-refractivity contribution in [3.63, 3.8) is 0 Å². The largest absolute Gasteiger partial charge is 0.334 e. The molecule has 0 fully saturated rings. The van der Waals surface area contributed by atoms with E-state index < -0.39 is 4.92 Å². The van der Waals surface area contributed by atoms with Gasteiger partial charge in [0.2, 0.25) is 0 Å². The molecule has 0 aliphatic carbocycles. The molecule has 25 heavy (non-hydrogen) atoms. The molecule has 124 valence electrons. The Kier molecular flexibility index (Phi) is 3.58. The third-order valence-corrected chi connectivity index (χ3v) is 4.25. The molecule has 4 rings (SSSR count). The molecule has 3 heterocycles. The lowest BCUT2D eigenvalue weighted by Gasteiger charge is -2.03. The number of benzene rings is 1. The number of aromatic nitrogens is 4. The summed E-state index contributed by atoms with van der Waals surface area (Å²) in [4.78, 5) is 31.2. The van der Waals surface area contributed by atoms with Crippen LogP contribution < -0.4 is 5.56 Å². The van der Waals surface area contributed by atoms with Gasteiger partial charge in [-0.2, -0.15) is 16.3 Å². The van der Waals surface area contributed by atoms with E-state index in [2.05, 4.69) is 15.1 Å². The van der Waals surface area contributed by atoms with Gasteiger partial charge in [-0.15, -0.1) is 0 Å². The van der Waals surface area contributed by atoms with Gasteiger partial charge in [0.05, 0.1) is 34.3 Å². The lowest BCUT2D eigenvalue weighted by atomic mass is 10.2. The highest BCUT2D eigenvalue weighted by Gasteiger charge is 2.13. The van der Waals surface area contributed by atoms with Gasteiger partial charge in [-0.1, -0.05) is 5.16 Å². The summed E-state index contributed by atoms with van der Waals surface area (Å²) in [7, 11) is 0. The van der Waals surface area contributed by atoms with Gasteiger partial charge >= 0.3 is 0 Å². The van der Waals surface area contributed by atoms with Crippen molar-refractivity contribution in [3.05, 3.63) is 67.6 Å². The van der Waals surface area contributed by atoms with E-state index in [9.17, 15) is 14.9 Å². The fraction of sp³-hybridized carbons (Fsp3) is 0.0667. The highest BCUT2D eigenvalue weighted by Crippen LogP contribution is 2.20. The molecule has 9 nitrogen and oxygen atoms in total. The maximum Gasteiger partial charge on any atom is 0.271 e. The molecule has 0 atom stereocenters. The Morgan fingerprint density at radius 2 is 2.20 bits per heavy atom. The molecule has 0 bridgehead atoms. The van der Waals surface area contributed by atoms with E-state index in [0.717, 1.165) is 5.56 Å². The average molecular weight is 355 g/mol. The van der Waals surface area contributed by atoms with Crippen molar-refractivity contribution >= 4 is 27.9 Å². The first-order valence-electron chi connectivity index (χ1n) is 7.10. The number of nitro groups is 1. The SMILES string of the molecule is O=c1c2ccc([N+](=O)[O-])cc2ncn1Cc1noc(-c2ccsc2)n1. The van der Waals surface area contributed by atoms with Crippen molar-refractivity contribution in [3.8, 4) is 11.5 Å². The van der Waals surface area contributed by atoms with Crippen molar-refractivity contribution in [2.24, 2.45) is 0 Å². The van der Waals surface area contributed by atoms with Gasteiger partial charge in [0.25, 0.3) is 17.1 Å². The molecule has 3 aromatic heterocycles. The molecule has 0 unspecified atom stereocenters. The number of hydrogen-bond donors (Lipinski definition) is 0. The molecule has 0 saturated heterocycles. The van der Waals surface area contributed by atoms with Crippen molar-refractivity contribution in [2.75, 3.05) is 0 Å². The summed E-state index contributed by atoms with van der Waals surface area (Å²) in [5, 5.41) is 18.7. The van der Waals surface area contributed by atoms with E-state index in [1.54, 1.807) is 0 Å². The van der Waals surface area contributed by atoms with Crippen LogP contribution in [0.3, 0.4) is 0 Å². The first kappa shape index (κ1) is 15.1. The first-order valence-corrected chi connectivity index (χ1v) is 8.05. The lowest BCUT2D eigenvalue weighted by molar-refractivity contribution is -0.384. The maximum atomic E-state index is 12.5. The first-order chi connectivity index (χ1) is 12.1. The Balaban J connectivity index is 1.68.